The summed E-state index contributed by atoms with van der Waals surface area (Å²) in [5, 5.41) is 5.46. The summed E-state index contributed by atoms with van der Waals surface area (Å²) >= 11 is 0. The average Bonchev–Trinajstić information content (AvgIpc) is 2.79. The number of likely N-dealkylation sites (N-methyl/N-ethyl adjacent to an activating group) is 1. The maximum absolute atomic E-state index is 13.6. The van der Waals surface area contributed by atoms with E-state index in [0.717, 1.165) is 37.7 Å². The Bertz CT molecular complexity index is 869. The number of halogens is 1. The van der Waals surface area contributed by atoms with Gasteiger partial charge in [0.1, 0.15) is 5.82 Å². The van der Waals surface area contributed by atoms with Crippen molar-refractivity contribution in [3.8, 4) is 0 Å². The molecule has 1 saturated heterocycles. The van der Waals surface area contributed by atoms with E-state index in [0.29, 0.717) is 13.1 Å². The van der Waals surface area contributed by atoms with Crippen LogP contribution in [0.5, 0.6) is 0 Å². The molecule has 2 N–H and O–H groups in total. The van der Waals surface area contributed by atoms with Crippen LogP contribution >= 0.6 is 0 Å². The van der Waals surface area contributed by atoms with Crippen LogP contribution in [0.4, 0.5) is 21.5 Å². The molecule has 0 saturated carbocycles. The number of anilines is 3. The summed E-state index contributed by atoms with van der Waals surface area (Å²) in [4.78, 5) is 28.6. The normalized spacial score (nSPS) is 13.8. The summed E-state index contributed by atoms with van der Waals surface area (Å²) in [6, 6.07) is 13.8. The second-order valence-electron chi connectivity index (χ2n) is 7.34. The molecular weight excluding hydrogens is 399 g/mol. The zero-order valence-electron chi connectivity index (χ0n) is 17.8. The molecule has 166 valence electrons. The molecule has 0 aliphatic carbocycles. The average molecular weight is 429 g/mol. The van der Waals surface area contributed by atoms with Gasteiger partial charge in [-0.05, 0) is 42.9 Å². The Kier molecular flexibility index (Phi) is 8.37. The highest BCUT2D eigenvalue weighted by Crippen LogP contribution is 2.19. The van der Waals surface area contributed by atoms with Gasteiger partial charge in [0.2, 0.25) is 11.8 Å². The molecule has 2 amide bonds. The van der Waals surface area contributed by atoms with Gasteiger partial charge in [0.25, 0.3) is 0 Å². The van der Waals surface area contributed by atoms with Crippen molar-refractivity contribution < 1.29 is 18.7 Å². The molecular formula is C23H29FN4O3. The minimum absolute atomic E-state index is 0.143. The molecule has 1 aliphatic heterocycles. The minimum Gasteiger partial charge on any atom is -0.378 e. The predicted octanol–water partition coefficient (Wildman–Crippen LogP) is 2.95. The van der Waals surface area contributed by atoms with Gasteiger partial charge in [0.05, 0.1) is 25.4 Å². The predicted molar refractivity (Wildman–Crippen MR) is 120 cm³/mol. The largest absolute Gasteiger partial charge is 0.378 e. The first-order chi connectivity index (χ1) is 15.0. The molecule has 1 heterocycles. The third-order valence-electron chi connectivity index (χ3n) is 5.14. The van der Waals surface area contributed by atoms with Crippen molar-refractivity contribution in [3.05, 3.63) is 54.3 Å². The summed E-state index contributed by atoms with van der Waals surface area (Å²) in [6.07, 6.45) is 0.170. The van der Waals surface area contributed by atoms with Crippen molar-refractivity contribution in [1.29, 1.82) is 0 Å². The maximum atomic E-state index is 13.6. The number of para-hydroxylation sites is 1. The molecule has 8 heteroatoms. The van der Waals surface area contributed by atoms with Crippen LogP contribution in [-0.2, 0) is 14.3 Å². The van der Waals surface area contributed by atoms with E-state index in [1.54, 1.807) is 12.1 Å². The van der Waals surface area contributed by atoms with E-state index in [1.807, 2.05) is 36.1 Å². The van der Waals surface area contributed by atoms with Gasteiger partial charge in [-0.1, -0.05) is 19.1 Å². The Morgan fingerprint density at radius 2 is 1.74 bits per heavy atom. The molecule has 0 unspecified atom stereocenters. The number of amides is 2. The first-order valence-corrected chi connectivity index (χ1v) is 10.5. The molecule has 1 aliphatic rings. The van der Waals surface area contributed by atoms with Crippen LogP contribution in [0.3, 0.4) is 0 Å². The van der Waals surface area contributed by atoms with E-state index in [4.69, 9.17) is 4.74 Å². The molecule has 2 aromatic carbocycles. The van der Waals surface area contributed by atoms with Crippen molar-refractivity contribution >= 4 is 28.9 Å². The molecule has 0 aromatic heterocycles. The molecule has 0 spiro atoms. The van der Waals surface area contributed by atoms with Crippen LogP contribution in [0, 0.1) is 5.82 Å². The zero-order chi connectivity index (χ0) is 22.1. The van der Waals surface area contributed by atoms with Gasteiger partial charge in [-0.3, -0.25) is 14.5 Å². The van der Waals surface area contributed by atoms with E-state index < -0.39 is 5.82 Å². The van der Waals surface area contributed by atoms with Crippen molar-refractivity contribution in [2.75, 3.05) is 61.5 Å². The van der Waals surface area contributed by atoms with Crippen molar-refractivity contribution in [3.63, 3.8) is 0 Å². The smallest absolute Gasteiger partial charge is 0.238 e. The number of nitrogens with one attached hydrogen (secondary N) is 2. The van der Waals surface area contributed by atoms with E-state index in [-0.39, 0.29) is 30.5 Å². The van der Waals surface area contributed by atoms with E-state index in [9.17, 15) is 14.0 Å². The number of carbonyl (C=O) groups is 2. The quantitative estimate of drug-likeness (QED) is 0.643. The van der Waals surface area contributed by atoms with Gasteiger partial charge in [-0.25, -0.2) is 4.39 Å². The first-order valence-electron chi connectivity index (χ1n) is 10.5. The summed E-state index contributed by atoms with van der Waals surface area (Å²) < 4.78 is 19.0. The number of rotatable bonds is 9. The van der Waals surface area contributed by atoms with Gasteiger partial charge >= 0.3 is 0 Å². The number of benzene rings is 2. The van der Waals surface area contributed by atoms with Crippen LogP contribution in [0.15, 0.2) is 48.5 Å². The van der Waals surface area contributed by atoms with Crippen LogP contribution in [0.25, 0.3) is 0 Å². The van der Waals surface area contributed by atoms with E-state index >= 15 is 0 Å². The van der Waals surface area contributed by atoms with Gasteiger partial charge in [0, 0.05) is 37.4 Å². The SMILES string of the molecule is CCN(CCC(=O)Nc1ccccc1F)CC(=O)Nc1ccc(N2CCOCC2)cc1. The fourth-order valence-electron chi connectivity index (χ4n) is 3.36. The minimum atomic E-state index is -0.470. The third kappa shape index (κ3) is 7.04. The summed E-state index contributed by atoms with van der Waals surface area (Å²) in [5.41, 5.74) is 2.00. The van der Waals surface area contributed by atoms with Crippen molar-refractivity contribution in [2.24, 2.45) is 0 Å². The van der Waals surface area contributed by atoms with Gasteiger partial charge in [-0.15, -0.1) is 0 Å². The van der Waals surface area contributed by atoms with Crippen molar-refractivity contribution in [1.82, 2.24) is 4.90 Å². The molecule has 2 aromatic rings. The van der Waals surface area contributed by atoms with Crippen LogP contribution < -0.4 is 15.5 Å². The van der Waals surface area contributed by atoms with Crippen LogP contribution in [0.2, 0.25) is 0 Å². The molecule has 1 fully saturated rings. The number of hydrogen-bond donors (Lipinski definition) is 2. The number of morpholine rings is 1. The third-order valence-corrected chi connectivity index (χ3v) is 5.14. The molecule has 31 heavy (non-hydrogen) atoms. The molecule has 7 nitrogen and oxygen atoms in total. The molecule has 0 atom stereocenters. The summed E-state index contributed by atoms with van der Waals surface area (Å²) in [6.45, 7) is 6.31. The topological polar surface area (TPSA) is 73.9 Å². The van der Waals surface area contributed by atoms with Gasteiger partial charge in [-0.2, -0.15) is 0 Å². The fraction of sp³-hybridized carbons (Fsp3) is 0.391. The first kappa shape index (κ1) is 22.7. The standard InChI is InChI=1S/C23H29FN4O3/c1-2-27(12-11-22(29)26-21-6-4-3-5-20(21)24)17-23(30)25-18-7-9-19(10-8-18)28-13-15-31-16-14-28/h3-10H,2,11-17H2,1H3,(H,25,30)(H,26,29). The van der Waals surface area contributed by atoms with Gasteiger partial charge in [0.15, 0.2) is 0 Å². The second kappa shape index (κ2) is 11.4. The van der Waals surface area contributed by atoms with Gasteiger partial charge < -0.3 is 20.3 Å². The Labute approximate surface area is 182 Å². The number of nitrogens with zero attached hydrogens (tertiary/aromatic N) is 2. The number of carbonyl (C=O) groups excluding carboxylic acids is 2. The van der Waals surface area contributed by atoms with Crippen LogP contribution in [-0.4, -0.2) is 62.7 Å². The number of hydrogen-bond acceptors (Lipinski definition) is 5. The molecule has 0 bridgehead atoms. The van der Waals surface area contributed by atoms with E-state index in [1.165, 1.54) is 12.1 Å². The fourth-order valence-corrected chi connectivity index (χ4v) is 3.36. The summed E-state index contributed by atoms with van der Waals surface area (Å²) in [5.74, 6) is -0.902. The Morgan fingerprint density at radius 3 is 2.42 bits per heavy atom. The number of ether oxygens (including phenoxy) is 1. The van der Waals surface area contributed by atoms with Crippen molar-refractivity contribution in [2.45, 2.75) is 13.3 Å². The van der Waals surface area contributed by atoms with E-state index in [2.05, 4.69) is 15.5 Å². The summed E-state index contributed by atoms with van der Waals surface area (Å²) in [7, 11) is 0. The second-order valence-corrected chi connectivity index (χ2v) is 7.34. The zero-order valence-corrected chi connectivity index (χ0v) is 17.8. The highest BCUT2D eigenvalue weighted by Gasteiger charge is 2.14. The Morgan fingerprint density at radius 1 is 1.03 bits per heavy atom. The maximum Gasteiger partial charge on any atom is 0.238 e. The van der Waals surface area contributed by atoms with Crippen LogP contribution in [0.1, 0.15) is 13.3 Å². The highest BCUT2D eigenvalue weighted by atomic mass is 19.1. The molecule has 3 rings (SSSR count). The lowest BCUT2D eigenvalue weighted by atomic mass is 10.2. The molecule has 0 radical (unpaired) electrons. The highest BCUT2D eigenvalue weighted by molar-refractivity contribution is 5.93. The lowest BCUT2D eigenvalue weighted by Gasteiger charge is -2.29. The Balaban J connectivity index is 1.43. The monoisotopic (exact) mass is 428 g/mol. The lowest BCUT2D eigenvalue weighted by Crippen LogP contribution is -2.36. The lowest BCUT2D eigenvalue weighted by molar-refractivity contribution is -0.119. The Hall–Kier alpha value is -2.97.